The van der Waals surface area contributed by atoms with Crippen LogP contribution in [-0.4, -0.2) is 105 Å². The summed E-state index contributed by atoms with van der Waals surface area (Å²) in [5.74, 6) is 0. The molecule has 37 heavy (non-hydrogen) atoms. The molecule has 17 nitrogen and oxygen atoms in total. The SMILES string of the molecule is Cc1cn([C@@H]2O[C@H](CO)[C@@H](O)[C@H]2O)c(=O)[nH]c1=O.Cc1cn([C@@H]2O[C@H](CO)[C@@H](O)[C@H]2O)c(=O)[nH]c1=O.O. The smallest absolute Gasteiger partial charge is 0.330 e. The maximum Gasteiger partial charge on any atom is 0.330 e. The Morgan fingerprint density at radius 1 is 0.703 bits per heavy atom. The molecule has 0 bridgehead atoms. The van der Waals surface area contributed by atoms with Gasteiger partial charge in [0.25, 0.3) is 11.1 Å². The van der Waals surface area contributed by atoms with Crippen LogP contribution in [0.25, 0.3) is 0 Å². The van der Waals surface area contributed by atoms with Crippen molar-refractivity contribution in [1.29, 1.82) is 0 Å². The third-order valence-electron chi connectivity index (χ3n) is 5.87. The molecular weight excluding hydrogens is 504 g/mol. The number of rotatable bonds is 4. The van der Waals surface area contributed by atoms with Crippen molar-refractivity contribution in [3.8, 4) is 0 Å². The molecule has 208 valence electrons. The highest BCUT2D eigenvalue weighted by atomic mass is 16.6. The van der Waals surface area contributed by atoms with Gasteiger partial charge in [-0.2, -0.15) is 0 Å². The summed E-state index contributed by atoms with van der Waals surface area (Å²) in [4.78, 5) is 49.8. The predicted octanol–water partition coefficient (Wildman–Crippen LogP) is -5.91. The first-order valence-corrected chi connectivity index (χ1v) is 10.8. The third-order valence-corrected chi connectivity index (χ3v) is 5.87. The molecule has 0 saturated carbocycles. The molecule has 2 aromatic heterocycles. The minimum atomic E-state index is -1.36. The van der Waals surface area contributed by atoms with E-state index in [2.05, 4.69) is 9.97 Å². The number of hydrogen-bond acceptors (Lipinski definition) is 12. The van der Waals surface area contributed by atoms with Crippen molar-refractivity contribution in [2.75, 3.05) is 13.2 Å². The molecular formula is C20H30N4O13. The second-order valence-corrected chi connectivity index (χ2v) is 8.42. The molecule has 2 saturated heterocycles. The lowest BCUT2D eigenvalue weighted by Crippen LogP contribution is -2.38. The van der Waals surface area contributed by atoms with Gasteiger partial charge in [0, 0.05) is 23.5 Å². The van der Waals surface area contributed by atoms with Gasteiger partial charge in [-0.25, -0.2) is 9.59 Å². The first kappa shape index (κ1) is 30.2. The van der Waals surface area contributed by atoms with E-state index in [0.29, 0.717) is 0 Å². The fourth-order valence-electron chi connectivity index (χ4n) is 3.77. The molecule has 0 amide bonds. The van der Waals surface area contributed by atoms with Crippen LogP contribution < -0.4 is 22.5 Å². The fraction of sp³-hybridized carbons (Fsp3) is 0.600. The Morgan fingerprint density at radius 2 is 1.03 bits per heavy atom. The minimum absolute atomic E-state index is 0. The van der Waals surface area contributed by atoms with Crippen molar-refractivity contribution in [1.82, 2.24) is 19.1 Å². The maximum absolute atomic E-state index is 11.6. The van der Waals surface area contributed by atoms with Crippen LogP contribution in [0.3, 0.4) is 0 Å². The van der Waals surface area contributed by atoms with Crippen molar-refractivity contribution >= 4 is 0 Å². The summed E-state index contributed by atoms with van der Waals surface area (Å²) in [5, 5.41) is 56.6. The van der Waals surface area contributed by atoms with Crippen LogP contribution in [0, 0.1) is 13.8 Å². The minimum Gasteiger partial charge on any atom is -0.412 e. The number of aryl methyl sites for hydroxylation is 2. The van der Waals surface area contributed by atoms with Crippen LogP contribution in [0.4, 0.5) is 0 Å². The van der Waals surface area contributed by atoms with Gasteiger partial charge in [-0.05, 0) is 13.8 Å². The first-order valence-electron chi connectivity index (χ1n) is 10.8. The quantitative estimate of drug-likeness (QED) is 0.182. The van der Waals surface area contributed by atoms with E-state index in [1.54, 1.807) is 0 Å². The van der Waals surface area contributed by atoms with Crippen molar-refractivity contribution in [3.05, 3.63) is 65.2 Å². The Hall–Kier alpha value is -3.00. The second kappa shape index (κ2) is 12.0. The van der Waals surface area contributed by atoms with Gasteiger partial charge in [0.15, 0.2) is 12.5 Å². The normalized spacial score (nSPS) is 30.9. The first-order chi connectivity index (χ1) is 16.9. The molecule has 0 radical (unpaired) electrons. The molecule has 2 aliphatic heterocycles. The maximum atomic E-state index is 11.6. The summed E-state index contributed by atoms with van der Waals surface area (Å²) in [6, 6.07) is 0. The number of aromatic nitrogens is 4. The zero-order valence-corrected chi connectivity index (χ0v) is 19.7. The lowest BCUT2D eigenvalue weighted by Gasteiger charge is -2.17. The zero-order chi connectivity index (χ0) is 26.9. The Bertz CT molecular complexity index is 1200. The zero-order valence-electron chi connectivity index (χ0n) is 19.7. The number of hydrogen-bond donors (Lipinski definition) is 8. The van der Waals surface area contributed by atoms with Gasteiger partial charge >= 0.3 is 11.4 Å². The number of aliphatic hydroxyl groups excluding tert-OH is 6. The largest absolute Gasteiger partial charge is 0.412 e. The van der Waals surface area contributed by atoms with Gasteiger partial charge in [-0.1, -0.05) is 0 Å². The molecule has 4 rings (SSSR count). The predicted molar refractivity (Wildman–Crippen MR) is 122 cm³/mol. The highest BCUT2D eigenvalue weighted by Crippen LogP contribution is 2.28. The van der Waals surface area contributed by atoms with E-state index in [0.717, 1.165) is 9.13 Å². The molecule has 2 aliphatic rings. The van der Waals surface area contributed by atoms with E-state index in [-0.39, 0.29) is 16.6 Å². The summed E-state index contributed by atoms with van der Waals surface area (Å²) >= 11 is 0. The summed E-state index contributed by atoms with van der Waals surface area (Å²) < 4.78 is 12.3. The topological polar surface area (TPSA) is 281 Å². The summed E-state index contributed by atoms with van der Waals surface area (Å²) in [6.45, 7) is 2.03. The Kier molecular flexibility index (Phi) is 9.83. The van der Waals surface area contributed by atoms with E-state index in [1.807, 2.05) is 0 Å². The molecule has 4 heterocycles. The Balaban J connectivity index is 0.000000253. The van der Waals surface area contributed by atoms with E-state index in [9.17, 15) is 39.6 Å². The molecule has 0 aromatic carbocycles. The number of nitrogens with zero attached hydrogens (tertiary/aromatic N) is 2. The van der Waals surface area contributed by atoms with Gasteiger partial charge < -0.3 is 45.6 Å². The molecule has 0 spiro atoms. The fourth-order valence-corrected chi connectivity index (χ4v) is 3.77. The van der Waals surface area contributed by atoms with Crippen LogP contribution in [0.2, 0.25) is 0 Å². The van der Waals surface area contributed by atoms with Gasteiger partial charge in [0.2, 0.25) is 0 Å². The molecule has 10 N–H and O–H groups in total. The van der Waals surface area contributed by atoms with E-state index in [1.165, 1.54) is 26.2 Å². The average Bonchev–Trinajstić information content (AvgIpc) is 3.29. The summed E-state index contributed by atoms with van der Waals surface area (Å²) in [5.41, 5.74) is -2.01. The van der Waals surface area contributed by atoms with Crippen LogP contribution >= 0.6 is 0 Å². The molecule has 8 atom stereocenters. The van der Waals surface area contributed by atoms with Crippen LogP contribution in [0.5, 0.6) is 0 Å². The Morgan fingerprint density at radius 3 is 1.30 bits per heavy atom. The second-order valence-electron chi connectivity index (χ2n) is 8.42. The van der Waals surface area contributed by atoms with E-state index >= 15 is 0 Å². The highest BCUT2D eigenvalue weighted by molar-refractivity contribution is 5.04. The molecule has 2 aromatic rings. The summed E-state index contributed by atoms with van der Waals surface area (Å²) in [7, 11) is 0. The van der Waals surface area contributed by atoms with E-state index in [4.69, 9.17) is 19.7 Å². The van der Waals surface area contributed by atoms with Crippen molar-refractivity contribution < 1.29 is 45.6 Å². The van der Waals surface area contributed by atoms with Crippen LogP contribution in [0.15, 0.2) is 31.6 Å². The van der Waals surface area contributed by atoms with Gasteiger partial charge in [0.05, 0.1) is 13.2 Å². The van der Waals surface area contributed by atoms with E-state index < -0.39 is 84.8 Å². The average molecular weight is 534 g/mol. The molecule has 0 aliphatic carbocycles. The summed E-state index contributed by atoms with van der Waals surface area (Å²) in [6.07, 6.45) is -7.04. The lowest BCUT2D eigenvalue weighted by atomic mass is 10.1. The van der Waals surface area contributed by atoms with Crippen molar-refractivity contribution in [3.63, 3.8) is 0 Å². The monoisotopic (exact) mass is 534 g/mol. The van der Waals surface area contributed by atoms with Crippen molar-refractivity contribution in [2.24, 2.45) is 0 Å². The molecule has 17 heteroatoms. The van der Waals surface area contributed by atoms with Crippen LogP contribution in [0.1, 0.15) is 23.6 Å². The molecule has 0 unspecified atom stereocenters. The molecule has 2 fully saturated rings. The number of aliphatic hydroxyl groups is 6. The third kappa shape index (κ3) is 5.95. The number of ether oxygens (including phenoxy) is 2. The Labute approximate surface area is 206 Å². The number of nitrogens with one attached hydrogen (secondary N) is 2. The number of aromatic amines is 2. The van der Waals surface area contributed by atoms with Crippen molar-refractivity contribution in [2.45, 2.75) is 62.9 Å². The lowest BCUT2D eigenvalue weighted by molar-refractivity contribution is -0.0551. The van der Waals surface area contributed by atoms with Gasteiger partial charge in [0.1, 0.15) is 36.6 Å². The standard InChI is InChI=1S/2C10H14N2O6.H2O/c2*1-4-2-12(10(17)11-8(4)16)9-7(15)6(14)5(3-13)18-9;/h2*2,5-7,9,13-15H,3H2,1H3,(H,11,16,17);1H2/t2*5-,6-,7-,9-;/m11./s1. The number of H-pyrrole nitrogens is 2. The van der Waals surface area contributed by atoms with Crippen LogP contribution in [-0.2, 0) is 9.47 Å². The van der Waals surface area contributed by atoms with Gasteiger partial charge in [-0.3, -0.25) is 28.7 Å². The highest BCUT2D eigenvalue weighted by Gasteiger charge is 2.44. The van der Waals surface area contributed by atoms with Gasteiger partial charge in [-0.15, -0.1) is 0 Å².